The Balaban J connectivity index is 2.59. The number of hydrogen-bond acceptors (Lipinski definition) is 0. The number of halogens is 1. The van der Waals surface area contributed by atoms with Gasteiger partial charge in [0, 0.05) is 0 Å². The fourth-order valence-electron chi connectivity index (χ4n) is 0.664. The molecule has 0 nitrogen and oxygen atoms in total. The standard InChI is InChI=1S/C6H6BBr/c7-5-2-1-3-6(8)4-5/h1-3,5H,4H2. The van der Waals surface area contributed by atoms with E-state index < -0.39 is 0 Å². The van der Waals surface area contributed by atoms with E-state index in [1.807, 2.05) is 18.2 Å². The average Bonchev–Trinajstić information content (AvgIpc) is 1.64. The Morgan fingerprint density at radius 1 is 1.75 bits per heavy atom. The van der Waals surface area contributed by atoms with Crippen molar-refractivity contribution in [2.75, 3.05) is 0 Å². The Kier molecular flexibility index (Phi) is 1.95. The maximum Gasteiger partial charge on any atom is 0.0760 e. The van der Waals surface area contributed by atoms with Gasteiger partial charge in [0.05, 0.1) is 7.85 Å². The van der Waals surface area contributed by atoms with E-state index in [1.165, 1.54) is 4.48 Å². The summed E-state index contributed by atoms with van der Waals surface area (Å²) in [4.78, 5) is 0. The smallest absolute Gasteiger partial charge is 0.0760 e. The van der Waals surface area contributed by atoms with Crippen LogP contribution in [0.25, 0.3) is 0 Å². The molecule has 0 saturated heterocycles. The topological polar surface area (TPSA) is 0 Å². The molecule has 1 atom stereocenters. The molecule has 0 aliphatic heterocycles. The molecule has 0 N–H and O–H groups in total. The molecule has 0 spiro atoms. The summed E-state index contributed by atoms with van der Waals surface area (Å²) >= 11 is 3.36. The van der Waals surface area contributed by atoms with Crippen molar-refractivity contribution in [3.05, 3.63) is 22.7 Å². The van der Waals surface area contributed by atoms with Crippen LogP contribution in [0.5, 0.6) is 0 Å². The fraction of sp³-hybridized carbons (Fsp3) is 0.333. The first-order valence-corrected chi connectivity index (χ1v) is 3.37. The average molecular weight is 169 g/mol. The summed E-state index contributed by atoms with van der Waals surface area (Å²) in [6.07, 6.45) is 6.92. The summed E-state index contributed by atoms with van der Waals surface area (Å²) < 4.78 is 1.19. The van der Waals surface area contributed by atoms with Crippen LogP contribution in [0.3, 0.4) is 0 Å². The molecule has 0 amide bonds. The molecule has 0 heterocycles. The molecule has 2 radical (unpaired) electrons. The molecule has 1 rings (SSSR count). The fourth-order valence-corrected chi connectivity index (χ4v) is 1.19. The predicted octanol–water partition coefficient (Wildman–Crippen LogP) is 2.18. The molecule has 1 unspecified atom stereocenters. The van der Waals surface area contributed by atoms with Crippen LogP contribution in [-0.2, 0) is 0 Å². The van der Waals surface area contributed by atoms with E-state index in [0.29, 0.717) is 0 Å². The molecule has 0 bridgehead atoms. The first-order chi connectivity index (χ1) is 3.79. The van der Waals surface area contributed by atoms with Crippen molar-refractivity contribution in [1.82, 2.24) is 0 Å². The minimum absolute atomic E-state index is 0.217. The monoisotopic (exact) mass is 168 g/mol. The minimum Gasteiger partial charge on any atom is -0.0897 e. The van der Waals surface area contributed by atoms with Gasteiger partial charge in [-0.3, -0.25) is 0 Å². The van der Waals surface area contributed by atoms with E-state index in [4.69, 9.17) is 7.85 Å². The molecule has 0 aromatic carbocycles. The van der Waals surface area contributed by atoms with Gasteiger partial charge in [0.25, 0.3) is 0 Å². The van der Waals surface area contributed by atoms with Crippen molar-refractivity contribution >= 4 is 23.8 Å². The Morgan fingerprint density at radius 2 is 2.50 bits per heavy atom. The van der Waals surface area contributed by atoms with Crippen molar-refractivity contribution in [2.45, 2.75) is 12.2 Å². The van der Waals surface area contributed by atoms with E-state index >= 15 is 0 Å². The second kappa shape index (κ2) is 2.54. The summed E-state index contributed by atoms with van der Waals surface area (Å²) in [5.74, 6) is 0.217. The summed E-state index contributed by atoms with van der Waals surface area (Å²) in [5.41, 5.74) is 0. The van der Waals surface area contributed by atoms with Crippen LogP contribution in [0.4, 0.5) is 0 Å². The minimum atomic E-state index is 0.217. The summed E-state index contributed by atoms with van der Waals surface area (Å²) in [5, 5.41) is 0. The quantitative estimate of drug-likeness (QED) is 0.487. The zero-order valence-electron chi connectivity index (χ0n) is 4.47. The summed E-state index contributed by atoms with van der Waals surface area (Å²) in [6.45, 7) is 0. The van der Waals surface area contributed by atoms with Crippen LogP contribution in [0.1, 0.15) is 6.42 Å². The zero-order valence-corrected chi connectivity index (χ0v) is 6.06. The Morgan fingerprint density at radius 3 is 2.88 bits per heavy atom. The van der Waals surface area contributed by atoms with Crippen molar-refractivity contribution < 1.29 is 0 Å². The van der Waals surface area contributed by atoms with Gasteiger partial charge in [0.15, 0.2) is 0 Å². The molecular formula is C6H6BBr. The summed E-state index contributed by atoms with van der Waals surface area (Å²) in [7, 11) is 5.57. The predicted molar refractivity (Wildman–Crippen MR) is 40.3 cm³/mol. The number of allylic oxidation sites excluding steroid dienone is 4. The molecule has 1 aliphatic carbocycles. The van der Waals surface area contributed by atoms with Gasteiger partial charge in [-0.05, 0) is 10.9 Å². The highest BCUT2D eigenvalue weighted by molar-refractivity contribution is 9.11. The van der Waals surface area contributed by atoms with Gasteiger partial charge in [-0.15, -0.1) is 0 Å². The van der Waals surface area contributed by atoms with Gasteiger partial charge in [0.1, 0.15) is 0 Å². The highest BCUT2D eigenvalue weighted by Crippen LogP contribution is 2.23. The van der Waals surface area contributed by atoms with E-state index in [2.05, 4.69) is 15.9 Å². The molecule has 0 fully saturated rings. The number of hydrogen-bond donors (Lipinski definition) is 0. The Bertz CT molecular complexity index is 137. The first kappa shape index (κ1) is 6.15. The van der Waals surface area contributed by atoms with E-state index in [9.17, 15) is 0 Å². The number of rotatable bonds is 0. The maximum absolute atomic E-state index is 5.57. The van der Waals surface area contributed by atoms with Crippen LogP contribution < -0.4 is 0 Å². The molecule has 0 saturated carbocycles. The largest absolute Gasteiger partial charge is 0.0897 e. The van der Waals surface area contributed by atoms with Crippen LogP contribution in [0, 0.1) is 0 Å². The second-order valence-electron chi connectivity index (χ2n) is 1.87. The first-order valence-electron chi connectivity index (χ1n) is 2.57. The van der Waals surface area contributed by atoms with E-state index in [-0.39, 0.29) is 5.82 Å². The van der Waals surface area contributed by atoms with Gasteiger partial charge in [-0.1, -0.05) is 40.0 Å². The molecule has 0 aromatic rings. The molecule has 1 aliphatic rings. The lowest BCUT2D eigenvalue weighted by Gasteiger charge is -2.07. The lowest BCUT2D eigenvalue weighted by molar-refractivity contribution is 1.02. The molecule has 40 valence electrons. The third-order valence-corrected chi connectivity index (χ3v) is 1.65. The van der Waals surface area contributed by atoms with Crippen molar-refractivity contribution in [3.63, 3.8) is 0 Å². The second-order valence-corrected chi connectivity index (χ2v) is 2.88. The van der Waals surface area contributed by atoms with Gasteiger partial charge < -0.3 is 0 Å². The van der Waals surface area contributed by atoms with Crippen LogP contribution in [0.2, 0.25) is 5.82 Å². The van der Waals surface area contributed by atoms with Crippen molar-refractivity contribution in [2.24, 2.45) is 0 Å². The lowest BCUT2D eigenvalue weighted by atomic mass is 9.82. The van der Waals surface area contributed by atoms with Gasteiger partial charge in [-0.25, -0.2) is 0 Å². The van der Waals surface area contributed by atoms with Crippen molar-refractivity contribution in [3.8, 4) is 0 Å². The van der Waals surface area contributed by atoms with E-state index in [0.717, 1.165) is 6.42 Å². The Labute approximate surface area is 59.2 Å². The third-order valence-electron chi connectivity index (χ3n) is 1.07. The molecule has 2 heteroatoms. The molecule has 0 aromatic heterocycles. The van der Waals surface area contributed by atoms with Gasteiger partial charge in [0.2, 0.25) is 0 Å². The van der Waals surface area contributed by atoms with Gasteiger partial charge in [-0.2, -0.15) is 0 Å². The van der Waals surface area contributed by atoms with Crippen molar-refractivity contribution in [1.29, 1.82) is 0 Å². The van der Waals surface area contributed by atoms with E-state index in [1.54, 1.807) is 0 Å². The maximum atomic E-state index is 5.57. The molecule has 8 heavy (non-hydrogen) atoms. The van der Waals surface area contributed by atoms with Crippen LogP contribution >= 0.6 is 15.9 Å². The normalized spacial score (nSPS) is 27.6. The third kappa shape index (κ3) is 1.51. The summed E-state index contributed by atoms with van der Waals surface area (Å²) in [6, 6.07) is 0. The lowest BCUT2D eigenvalue weighted by Crippen LogP contribution is -1.90. The highest BCUT2D eigenvalue weighted by Gasteiger charge is 2.01. The zero-order chi connectivity index (χ0) is 5.98. The molecular weight excluding hydrogens is 163 g/mol. The SMILES string of the molecule is [B]C1C=CC=C(Br)C1. The van der Waals surface area contributed by atoms with Gasteiger partial charge >= 0.3 is 0 Å². The van der Waals surface area contributed by atoms with Crippen LogP contribution in [0.15, 0.2) is 22.7 Å². The van der Waals surface area contributed by atoms with Crippen LogP contribution in [-0.4, -0.2) is 7.85 Å². The highest BCUT2D eigenvalue weighted by atomic mass is 79.9. The Hall–Kier alpha value is 0.0249.